The van der Waals surface area contributed by atoms with Gasteiger partial charge < -0.3 is 25.6 Å². The number of rotatable bonds is 7. The molecule has 170 valence electrons. The number of hydrogen-bond acceptors (Lipinski definition) is 6. The summed E-state index contributed by atoms with van der Waals surface area (Å²) in [5, 5.41) is 20.9. The third-order valence-electron chi connectivity index (χ3n) is 6.02. The zero-order valence-electron chi connectivity index (χ0n) is 18.3. The second-order valence-electron chi connectivity index (χ2n) is 7.89. The summed E-state index contributed by atoms with van der Waals surface area (Å²) in [5.41, 5.74) is 6.45. The molecule has 0 aromatic heterocycles. The van der Waals surface area contributed by atoms with Gasteiger partial charge in [-0.05, 0) is 54.7 Å². The van der Waals surface area contributed by atoms with Gasteiger partial charge >= 0.3 is 0 Å². The Bertz CT molecular complexity index is 1020. The van der Waals surface area contributed by atoms with Crippen LogP contribution >= 0.6 is 0 Å². The lowest BCUT2D eigenvalue weighted by atomic mass is 9.89. The van der Waals surface area contributed by atoms with E-state index in [-0.39, 0.29) is 41.2 Å². The fraction of sp³-hybridized carbons (Fsp3) is 0.375. The first-order chi connectivity index (χ1) is 15.3. The summed E-state index contributed by atoms with van der Waals surface area (Å²) < 4.78 is 5.12. The average molecular weight is 440 g/mol. The number of nitrogens with zero attached hydrogens (tertiary/aromatic N) is 1. The van der Waals surface area contributed by atoms with E-state index in [4.69, 9.17) is 10.5 Å². The summed E-state index contributed by atoms with van der Waals surface area (Å²) in [6.07, 6.45) is 1.21. The number of amides is 2. The maximum absolute atomic E-state index is 13.3. The van der Waals surface area contributed by atoms with Gasteiger partial charge in [-0.1, -0.05) is 6.92 Å². The second-order valence-corrected chi connectivity index (χ2v) is 7.89. The zero-order valence-corrected chi connectivity index (χ0v) is 18.3. The maximum atomic E-state index is 13.3. The number of primary amides is 1. The molecule has 4 N–H and O–H groups in total. The monoisotopic (exact) mass is 440 g/mol. The first-order valence-corrected chi connectivity index (χ1v) is 10.6. The molecule has 8 nitrogen and oxygen atoms in total. The molecule has 2 aromatic carbocycles. The van der Waals surface area contributed by atoms with Gasteiger partial charge in [-0.15, -0.1) is 0 Å². The SMILES string of the molecule is CCc1c(O)cc(O)c(C(=O)c2ccc(OC)cc2)c1CC(=O)N1CCC(C(N)=O)CC1. The van der Waals surface area contributed by atoms with Crippen molar-refractivity contribution < 1.29 is 29.3 Å². The summed E-state index contributed by atoms with van der Waals surface area (Å²) in [7, 11) is 1.52. The molecular weight excluding hydrogens is 412 g/mol. The van der Waals surface area contributed by atoms with Crippen molar-refractivity contribution in [2.75, 3.05) is 20.2 Å². The van der Waals surface area contributed by atoms with Crippen LogP contribution in [0.2, 0.25) is 0 Å². The van der Waals surface area contributed by atoms with Crippen LogP contribution in [0.25, 0.3) is 0 Å². The van der Waals surface area contributed by atoms with Crippen LogP contribution < -0.4 is 10.5 Å². The van der Waals surface area contributed by atoms with E-state index in [1.54, 1.807) is 36.1 Å². The molecule has 32 heavy (non-hydrogen) atoms. The summed E-state index contributed by atoms with van der Waals surface area (Å²) in [6, 6.07) is 7.58. The number of benzene rings is 2. The normalized spacial score (nSPS) is 14.2. The molecule has 1 aliphatic heterocycles. The van der Waals surface area contributed by atoms with Gasteiger partial charge in [0.1, 0.15) is 17.2 Å². The number of ether oxygens (including phenoxy) is 1. The summed E-state index contributed by atoms with van der Waals surface area (Å²) in [6.45, 7) is 2.58. The summed E-state index contributed by atoms with van der Waals surface area (Å²) >= 11 is 0. The van der Waals surface area contributed by atoms with Crippen molar-refractivity contribution in [2.24, 2.45) is 11.7 Å². The van der Waals surface area contributed by atoms with Crippen LogP contribution in [0, 0.1) is 5.92 Å². The van der Waals surface area contributed by atoms with Crippen molar-refractivity contribution in [3.8, 4) is 17.2 Å². The predicted molar refractivity (Wildman–Crippen MR) is 118 cm³/mol. The molecular formula is C24H28N2O6. The smallest absolute Gasteiger partial charge is 0.227 e. The Morgan fingerprint density at radius 2 is 1.69 bits per heavy atom. The molecule has 0 atom stereocenters. The Morgan fingerprint density at radius 1 is 1.06 bits per heavy atom. The molecule has 8 heteroatoms. The molecule has 0 bridgehead atoms. The van der Waals surface area contributed by atoms with Crippen LogP contribution in [0.15, 0.2) is 30.3 Å². The topological polar surface area (TPSA) is 130 Å². The lowest BCUT2D eigenvalue weighted by Gasteiger charge is -2.31. The highest BCUT2D eigenvalue weighted by atomic mass is 16.5. The Kier molecular flexibility index (Phi) is 7.02. The van der Waals surface area contributed by atoms with E-state index in [1.807, 2.05) is 0 Å². The molecule has 1 heterocycles. The Morgan fingerprint density at radius 3 is 2.22 bits per heavy atom. The van der Waals surface area contributed by atoms with Gasteiger partial charge in [0.15, 0.2) is 5.78 Å². The van der Waals surface area contributed by atoms with Crippen molar-refractivity contribution in [1.82, 2.24) is 4.90 Å². The minimum Gasteiger partial charge on any atom is -0.508 e. The number of aromatic hydroxyl groups is 2. The van der Waals surface area contributed by atoms with E-state index in [9.17, 15) is 24.6 Å². The number of carbonyl (C=O) groups excluding carboxylic acids is 3. The lowest BCUT2D eigenvalue weighted by Crippen LogP contribution is -2.42. The molecule has 0 radical (unpaired) electrons. The third-order valence-corrected chi connectivity index (χ3v) is 6.02. The van der Waals surface area contributed by atoms with Crippen LogP contribution in [0.3, 0.4) is 0 Å². The number of carbonyl (C=O) groups is 3. The Labute approximate surface area is 186 Å². The predicted octanol–water partition coefficient (Wildman–Crippen LogP) is 2.17. The fourth-order valence-electron chi connectivity index (χ4n) is 4.15. The van der Waals surface area contributed by atoms with E-state index < -0.39 is 5.78 Å². The first-order valence-electron chi connectivity index (χ1n) is 10.6. The number of phenols is 2. The third kappa shape index (κ3) is 4.69. The van der Waals surface area contributed by atoms with Gasteiger partial charge in [0, 0.05) is 30.6 Å². The van der Waals surface area contributed by atoms with E-state index in [0.717, 1.165) is 6.07 Å². The molecule has 2 aromatic rings. The molecule has 1 aliphatic rings. The minimum absolute atomic E-state index is 0.00480. The highest BCUT2D eigenvalue weighted by Crippen LogP contribution is 2.35. The van der Waals surface area contributed by atoms with Gasteiger partial charge in [-0.2, -0.15) is 0 Å². The second kappa shape index (κ2) is 9.72. The molecule has 0 aliphatic carbocycles. The zero-order chi connectivity index (χ0) is 23.4. The van der Waals surface area contributed by atoms with Crippen LogP contribution in [0.1, 0.15) is 46.8 Å². The van der Waals surface area contributed by atoms with Gasteiger partial charge in [-0.25, -0.2) is 0 Å². The maximum Gasteiger partial charge on any atom is 0.227 e. The van der Waals surface area contributed by atoms with Gasteiger partial charge in [0.25, 0.3) is 0 Å². The van der Waals surface area contributed by atoms with Crippen molar-refractivity contribution in [2.45, 2.75) is 32.6 Å². The molecule has 0 spiro atoms. The van der Waals surface area contributed by atoms with Gasteiger partial charge in [0.05, 0.1) is 19.1 Å². The molecule has 1 fully saturated rings. The molecule has 3 rings (SSSR count). The van der Waals surface area contributed by atoms with E-state index in [0.29, 0.717) is 54.8 Å². The van der Waals surface area contributed by atoms with Crippen LogP contribution in [0.4, 0.5) is 0 Å². The number of piperidine rings is 1. The highest BCUT2D eigenvalue weighted by molar-refractivity contribution is 6.12. The molecule has 0 saturated carbocycles. The van der Waals surface area contributed by atoms with Crippen molar-refractivity contribution >= 4 is 17.6 Å². The lowest BCUT2D eigenvalue weighted by molar-refractivity contribution is -0.134. The van der Waals surface area contributed by atoms with Gasteiger partial charge in [-0.3, -0.25) is 14.4 Å². The molecule has 1 saturated heterocycles. The van der Waals surface area contributed by atoms with Crippen LogP contribution in [0.5, 0.6) is 17.2 Å². The number of ketones is 1. The Hall–Kier alpha value is -3.55. The number of nitrogens with two attached hydrogens (primary N) is 1. The number of likely N-dealkylation sites (tertiary alicyclic amines) is 1. The van der Waals surface area contributed by atoms with E-state index in [1.165, 1.54) is 7.11 Å². The largest absolute Gasteiger partial charge is 0.508 e. The quantitative estimate of drug-likeness (QED) is 0.566. The number of phenolic OH excluding ortho intramolecular Hbond substituents is 2. The molecule has 2 amide bonds. The number of hydrogen-bond donors (Lipinski definition) is 3. The summed E-state index contributed by atoms with van der Waals surface area (Å²) in [4.78, 5) is 39.4. The van der Waals surface area contributed by atoms with Crippen LogP contribution in [-0.4, -0.2) is 52.9 Å². The highest BCUT2D eigenvalue weighted by Gasteiger charge is 2.29. The summed E-state index contributed by atoms with van der Waals surface area (Å²) in [5.74, 6) is -1.26. The number of methoxy groups -OCH3 is 1. The standard InChI is InChI=1S/C24H28N2O6/c1-3-17-18(12-21(29)26-10-8-15(9-11-26)24(25)31)22(20(28)13-19(17)27)23(30)14-4-6-16(32-2)7-5-14/h4-7,13,15,27-28H,3,8-12H2,1-2H3,(H2,25,31). The van der Waals surface area contributed by atoms with Crippen LogP contribution in [-0.2, 0) is 22.4 Å². The van der Waals surface area contributed by atoms with E-state index in [2.05, 4.69) is 0 Å². The first kappa shape index (κ1) is 23.1. The molecule has 0 unspecified atom stereocenters. The van der Waals surface area contributed by atoms with Crippen molar-refractivity contribution in [3.05, 3.63) is 52.6 Å². The fourth-order valence-corrected chi connectivity index (χ4v) is 4.15. The average Bonchev–Trinajstić information content (AvgIpc) is 2.79. The van der Waals surface area contributed by atoms with Crippen molar-refractivity contribution in [1.29, 1.82) is 0 Å². The van der Waals surface area contributed by atoms with Crippen molar-refractivity contribution in [3.63, 3.8) is 0 Å². The Balaban J connectivity index is 1.94. The van der Waals surface area contributed by atoms with Gasteiger partial charge in [0.2, 0.25) is 11.8 Å². The minimum atomic E-state index is -0.449. The van der Waals surface area contributed by atoms with E-state index >= 15 is 0 Å².